The minimum Gasteiger partial charge on any atom is -0.496 e. The van der Waals surface area contributed by atoms with Crippen molar-refractivity contribution in [2.24, 2.45) is 0 Å². The van der Waals surface area contributed by atoms with Crippen LogP contribution in [-0.4, -0.2) is 102 Å². The lowest BCUT2D eigenvalue weighted by Gasteiger charge is -2.28. The zero-order chi connectivity index (χ0) is 42.8. The van der Waals surface area contributed by atoms with E-state index in [9.17, 15) is 0 Å². The minimum atomic E-state index is -0.194. The van der Waals surface area contributed by atoms with Crippen LogP contribution in [0.5, 0.6) is 0 Å². The zero-order valence-electron chi connectivity index (χ0n) is 36.7. The van der Waals surface area contributed by atoms with Crippen molar-refractivity contribution in [2.45, 2.75) is 62.6 Å². The third-order valence-corrected chi connectivity index (χ3v) is 11.9. The molecule has 0 saturated heterocycles. The van der Waals surface area contributed by atoms with Crippen molar-refractivity contribution in [2.75, 3.05) is 71.1 Å². The van der Waals surface area contributed by atoms with E-state index >= 15 is 0 Å². The molecular weight excluding hydrogens is 761 g/mol. The monoisotopic (exact) mass is 820 g/mol. The van der Waals surface area contributed by atoms with E-state index in [4.69, 9.17) is 47.4 Å². The molecule has 0 saturated carbocycles. The van der Waals surface area contributed by atoms with Gasteiger partial charge in [-0.15, -0.1) is 0 Å². The van der Waals surface area contributed by atoms with Gasteiger partial charge in [-0.1, -0.05) is 60.8 Å². The van der Waals surface area contributed by atoms with Gasteiger partial charge in [-0.05, 0) is 86.1 Å². The second-order valence-corrected chi connectivity index (χ2v) is 15.0. The first-order valence-electron chi connectivity index (χ1n) is 20.2. The van der Waals surface area contributed by atoms with Crippen LogP contribution >= 0.6 is 0 Å². The number of methoxy groups -OCH3 is 10. The van der Waals surface area contributed by atoms with Crippen molar-refractivity contribution in [3.8, 4) is 0 Å². The third-order valence-electron chi connectivity index (χ3n) is 11.9. The fourth-order valence-corrected chi connectivity index (χ4v) is 8.34. The van der Waals surface area contributed by atoms with Crippen molar-refractivity contribution >= 4 is 0 Å². The summed E-state index contributed by atoms with van der Waals surface area (Å²) in [4.78, 5) is 0. The maximum Gasteiger partial charge on any atom is 0.122 e. The van der Waals surface area contributed by atoms with Crippen molar-refractivity contribution in [1.29, 1.82) is 0 Å². The molecule has 5 unspecified atom stereocenters. The Bertz CT molecular complexity index is 2120. The fourth-order valence-electron chi connectivity index (χ4n) is 8.34. The highest BCUT2D eigenvalue weighted by molar-refractivity contribution is 5.53. The summed E-state index contributed by atoms with van der Waals surface area (Å²) in [6.07, 6.45) is 33.2. The van der Waals surface area contributed by atoms with Gasteiger partial charge in [-0.3, -0.25) is 0 Å². The number of allylic oxidation sites excluding steroid dienone is 15. The molecule has 0 fully saturated rings. The highest BCUT2D eigenvalue weighted by atomic mass is 16.5. The van der Waals surface area contributed by atoms with Gasteiger partial charge in [0.05, 0.1) is 66.1 Å². The Morgan fingerprint density at radius 2 is 0.433 bits per heavy atom. The summed E-state index contributed by atoms with van der Waals surface area (Å²) in [6.45, 7) is 0. The summed E-state index contributed by atoms with van der Waals surface area (Å²) in [5.74, 6) is 3.84. The van der Waals surface area contributed by atoms with Gasteiger partial charge < -0.3 is 47.4 Å². The molecule has 15 aliphatic carbocycles. The van der Waals surface area contributed by atoms with E-state index < -0.39 is 0 Å². The zero-order valence-corrected chi connectivity index (χ0v) is 36.7. The molecule has 0 spiro atoms. The molecule has 15 rings (SSSR count). The molecule has 5 atom stereocenters. The molecule has 15 aliphatic rings. The largest absolute Gasteiger partial charge is 0.496 e. The van der Waals surface area contributed by atoms with Crippen LogP contribution in [-0.2, 0) is 47.4 Å². The molecule has 0 radical (unpaired) electrons. The molecule has 320 valence electrons. The lowest BCUT2D eigenvalue weighted by Crippen LogP contribution is -2.22. The van der Waals surface area contributed by atoms with E-state index in [-0.39, 0.29) is 30.5 Å². The van der Waals surface area contributed by atoms with Crippen LogP contribution in [0, 0.1) is 0 Å². The van der Waals surface area contributed by atoms with Crippen molar-refractivity contribution < 1.29 is 47.4 Å². The number of rotatable bonds is 10. The molecule has 10 bridgehead atoms. The van der Waals surface area contributed by atoms with Crippen molar-refractivity contribution in [1.82, 2.24) is 0 Å². The summed E-state index contributed by atoms with van der Waals surface area (Å²) < 4.78 is 59.9. The third kappa shape index (κ3) is 9.91. The van der Waals surface area contributed by atoms with Gasteiger partial charge >= 0.3 is 0 Å². The quantitative estimate of drug-likeness (QED) is 0.213. The standard InChI is InChI=1S/C50H60O10/c1-51-41-21-32-13-14-34-24-46(56-6)36(26-45(34)55-5)17-18-38-28-50(60-10)40(30-49(38)59-9)20-19-39-29-47(57-7)37(27-48(39)58-8)16-15-35-25-43(53-3)33(23-44(35)54-4)12-11-31(41)22-42(32)52-2/h11-21,23-24,27,30,42-43,45,47,50H,22,25-26,28-29H2,1-10H3/b12-11?,14-13?,16-15?,18-17?,20-19?,31-11-,32-13+,33-12+,34-14-,35-15-,36-17+,37-16+,38-18+,39-19-,40-20-. The fraction of sp³-hybridized carbons (Fsp3) is 0.400. The van der Waals surface area contributed by atoms with Crippen molar-refractivity contribution in [3.05, 3.63) is 176 Å². The lowest BCUT2D eigenvalue weighted by atomic mass is 9.87. The molecule has 0 heterocycles. The first-order valence-corrected chi connectivity index (χ1v) is 20.2. The average Bonchev–Trinajstić information content (AvgIpc) is 3.29. The van der Waals surface area contributed by atoms with E-state index in [0.29, 0.717) is 32.1 Å². The van der Waals surface area contributed by atoms with Crippen LogP contribution < -0.4 is 0 Å². The van der Waals surface area contributed by atoms with E-state index in [1.54, 1.807) is 71.1 Å². The first kappa shape index (κ1) is 44.5. The smallest absolute Gasteiger partial charge is 0.122 e. The van der Waals surface area contributed by atoms with E-state index in [1.165, 1.54) is 0 Å². The second-order valence-electron chi connectivity index (χ2n) is 15.0. The molecule has 0 aromatic rings. The first-order chi connectivity index (χ1) is 29.2. The Kier molecular flexibility index (Phi) is 15.5. The van der Waals surface area contributed by atoms with Gasteiger partial charge in [0.25, 0.3) is 0 Å². The Labute approximate surface area is 355 Å². The highest BCUT2D eigenvalue weighted by Crippen LogP contribution is 2.38. The van der Waals surface area contributed by atoms with E-state index in [0.717, 1.165) is 84.5 Å². The maximum atomic E-state index is 6.04. The number of hydrogen-bond donors (Lipinski definition) is 0. The SMILES string of the molecule is COC1=CC2=C\C=C3\CC(OC)/C(=C/C=C4/CC(OC)/C(=C/C=C5C=C(OC)/C(=C/C=C6\CC(OC)/C(=C\C=C/1CC\2OC)C=C6OC)CC/5OC)C=C4OC)C=C3OC. The molecule has 0 N–H and O–H groups in total. The minimum absolute atomic E-state index is 0.192. The maximum absolute atomic E-state index is 6.04. The Morgan fingerprint density at radius 3 is 0.600 bits per heavy atom. The van der Waals surface area contributed by atoms with Crippen LogP contribution in [0.4, 0.5) is 0 Å². The predicted octanol–water partition coefficient (Wildman–Crippen LogP) is 9.01. The van der Waals surface area contributed by atoms with Gasteiger partial charge in [0, 0.05) is 67.7 Å². The lowest BCUT2D eigenvalue weighted by molar-refractivity contribution is 0.127. The van der Waals surface area contributed by atoms with Crippen LogP contribution in [0.1, 0.15) is 32.1 Å². The Hall–Kier alpha value is -5.10. The normalized spacial score (nSPS) is 34.8. The number of ether oxygens (including phenoxy) is 10. The topological polar surface area (TPSA) is 92.3 Å². The Morgan fingerprint density at radius 1 is 0.267 bits per heavy atom. The summed E-state index contributed by atoms with van der Waals surface area (Å²) >= 11 is 0. The van der Waals surface area contributed by atoms with Gasteiger partial charge in [0.1, 0.15) is 28.8 Å². The molecule has 0 aromatic carbocycles. The predicted molar refractivity (Wildman–Crippen MR) is 233 cm³/mol. The van der Waals surface area contributed by atoms with Crippen LogP contribution in [0.15, 0.2) is 176 Å². The highest BCUT2D eigenvalue weighted by Gasteiger charge is 2.29. The van der Waals surface area contributed by atoms with E-state index in [1.807, 2.05) is 30.4 Å². The average molecular weight is 821 g/mol. The van der Waals surface area contributed by atoms with Crippen LogP contribution in [0.25, 0.3) is 0 Å². The van der Waals surface area contributed by atoms with Gasteiger partial charge in [-0.25, -0.2) is 0 Å². The van der Waals surface area contributed by atoms with Gasteiger partial charge in [0.2, 0.25) is 0 Å². The van der Waals surface area contributed by atoms with E-state index in [2.05, 4.69) is 60.8 Å². The Balaban J connectivity index is 1.54. The molecule has 0 aliphatic heterocycles. The summed E-state index contributed by atoms with van der Waals surface area (Å²) in [5.41, 5.74) is 10.0. The summed E-state index contributed by atoms with van der Waals surface area (Å²) in [5, 5.41) is 0. The molecule has 10 nitrogen and oxygen atoms in total. The van der Waals surface area contributed by atoms with Crippen LogP contribution in [0.3, 0.4) is 0 Å². The molecular formula is C50H60O10. The summed E-state index contributed by atoms with van der Waals surface area (Å²) in [7, 11) is 17.1. The second kappa shape index (κ2) is 20.9. The van der Waals surface area contributed by atoms with Crippen LogP contribution in [0.2, 0.25) is 0 Å². The van der Waals surface area contributed by atoms with Gasteiger partial charge in [-0.2, -0.15) is 0 Å². The number of hydrogen-bond acceptors (Lipinski definition) is 10. The molecule has 0 aromatic heterocycles. The molecule has 60 heavy (non-hydrogen) atoms. The van der Waals surface area contributed by atoms with Crippen molar-refractivity contribution in [3.63, 3.8) is 0 Å². The molecule has 10 heteroatoms. The van der Waals surface area contributed by atoms with Gasteiger partial charge in [0.15, 0.2) is 0 Å². The molecule has 0 amide bonds. The summed E-state index contributed by atoms with van der Waals surface area (Å²) in [6, 6.07) is 0.